The monoisotopic (exact) mass is 329 g/mol. The molecule has 0 fully saturated rings. The first-order valence-corrected chi connectivity index (χ1v) is 7.84. The number of amides is 1. The fourth-order valence-corrected chi connectivity index (χ4v) is 2.76. The van der Waals surface area contributed by atoms with Crippen LogP contribution in [-0.4, -0.2) is 58.4 Å². The number of aliphatic carboxylic acids is 2. The smallest absolute Gasteiger partial charge is 0.404 e. The third-order valence-electron chi connectivity index (χ3n) is 1.50. The van der Waals surface area contributed by atoms with Gasteiger partial charge in [0.2, 0.25) is 0 Å². The van der Waals surface area contributed by atoms with Gasteiger partial charge in [-0.25, -0.2) is 4.79 Å². The third-order valence-corrected chi connectivity index (χ3v) is 3.97. The summed E-state index contributed by atoms with van der Waals surface area (Å²) < 4.78 is 4.18. The summed E-state index contributed by atoms with van der Waals surface area (Å²) in [6.07, 6.45) is -0.711. The van der Waals surface area contributed by atoms with Crippen molar-refractivity contribution in [2.75, 3.05) is 18.1 Å². The molecule has 0 aromatic rings. The van der Waals surface area contributed by atoms with Crippen molar-refractivity contribution in [1.29, 1.82) is 0 Å². The van der Waals surface area contributed by atoms with E-state index in [9.17, 15) is 14.4 Å². The predicted octanol–water partition coefficient (Wildman–Crippen LogP) is -0.707. The first-order valence-electron chi connectivity index (χ1n) is 5.35. The van der Waals surface area contributed by atoms with Crippen LogP contribution in [0.1, 0.15) is 6.92 Å². The Bertz CT molecular complexity index is 296. The Morgan fingerprint density at radius 2 is 1.40 bits per heavy atom. The second-order valence-corrected chi connectivity index (χ2v) is 5.76. The summed E-state index contributed by atoms with van der Waals surface area (Å²) in [5.74, 6) is -1.68. The second kappa shape index (κ2) is 12.8. The molecular weight excluding hydrogens is 310 g/mol. The first-order chi connectivity index (χ1) is 9.22. The van der Waals surface area contributed by atoms with Crippen LogP contribution in [0.2, 0.25) is 0 Å². The number of hydrogen-bond donors (Lipinski definition) is 5. The van der Waals surface area contributed by atoms with Crippen molar-refractivity contribution in [2.24, 2.45) is 17.2 Å². The molecule has 118 valence electrons. The van der Waals surface area contributed by atoms with E-state index in [1.165, 1.54) is 21.6 Å². The average molecular weight is 329 g/mol. The van der Waals surface area contributed by atoms with Crippen LogP contribution in [0, 0.1) is 0 Å². The normalized spacial score (nSPS) is 12.6. The van der Waals surface area contributed by atoms with E-state index in [1.54, 1.807) is 6.92 Å². The van der Waals surface area contributed by atoms with Crippen molar-refractivity contribution in [3.63, 3.8) is 0 Å². The van der Waals surface area contributed by atoms with Crippen LogP contribution in [0.3, 0.4) is 0 Å². The van der Waals surface area contributed by atoms with Crippen molar-refractivity contribution in [3.8, 4) is 0 Å². The maximum absolute atomic E-state index is 10.3. The number of nitrogens with two attached hydrogens (primary N) is 3. The Hall–Kier alpha value is -1.17. The lowest BCUT2D eigenvalue weighted by molar-refractivity contribution is -0.138. The zero-order valence-corrected chi connectivity index (χ0v) is 12.5. The van der Waals surface area contributed by atoms with E-state index in [0.717, 1.165) is 0 Å². The van der Waals surface area contributed by atoms with E-state index in [0.29, 0.717) is 6.61 Å². The highest BCUT2D eigenvalue weighted by Gasteiger charge is 2.14. The first kappa shape index (κ1) is 21.1. The van der Waals surface area contributed by atoms with Gasteiger partial charge in [0, 0.05) is 11.5 Å². The molecule has 20 heavy (non-hydrogen) atoms. The quantitative estimate of drug-likeness (QED) is 0.282. The molecule has 0 rings (SSSR count). The van der Waals surface area contributed by atoms with E-state index in [1.807, 2.05) is 0 Å². The van der Waals surface area contributed by atoms with E-state index in [2.05, 4.69) is 10.5 Å². The van der Waals surface area contributed by atoms with Gasteiger partial charge in [0.25, 0.3) is 0 Å². The highest BCUT2D eigenvalue weighted by molar-refractivity contribution is 8.76. The zero-order valence-electron chi connectivity index (χ0n) is 10.9. The van der Waals surface area contributed by atoms with Gasteiger partial charge < -0.3 is 32.2 Å². The third kappa shape index (κ3) is 14.9. The van der Waals surface area contributed by atoms with Crippen molar-refractivity contribution in [3.05, 3.63) is 0 Å². The molecule has 0 aromatic carbocycles. The van der Waals surface area contributed by atoms with Gasteiger partial charge in [-0.3, -0.25) is 9.59 Å². The Morgan fingerprint density at radius 1 is 1.05 bits per heavy atom. The van der Waals surface area contributed by atoms with Crippen LogP contribution >= 0.6 is 21.6 Å². The second-order valence-electron chi connectivity index (χ2n) is 3.21. The molecule has 2 atom stereocenters. The van der Waals surface area contributed by atoms with Crippen LogP contribution in [0.5, 0.6) is 0 Å². The molecule has 0 heterocycles. The lowest BCUT2D eigenvalue weighted by Crippen LogP contribution is -2.33. The number of hydrogen-bond acceptors (Lipinski definition) is 8. The molecule has 0 saturated carbocycles. The van der Waals surface area contributed by atoms with Crippen LogP contribution in [0.25, 0.3) is 0 Å². The Balaban J connectivity index is 0. The van der Waals surface area contributed by atoms with Crippen LogP contribution < -0.4 is 17.2 Å². The zero-order chi connectivity index (χ0) is 16.1. The average Bonchev–Trinajstić information content (AvgIpc) is 2.34. The van der Waals surface area contributed by atoms with Crippen LogP contribution in [0.15, 0.2) is 0 Å². The van der Waals surface area contributed by atoms with E-state index in [4.69, 9.17) is 21.7 Å². The minimum atomic E-state index is -1.07. The number of carboxylic acids is 2. The highest BCUT2D eigenvalue weighted by atomic mass is 33.1. The van der Waals surface area contributed by atoms with Gasteiger partial charge in [0.1, 0.15) is 12.1 Å². The summed E-state index contributed by atoms with van der Waals surface area (Å²) >= 11 is 0. The molecule has 8 N–H and O–H groups in total. The van der Waals surface area contributed by atoms with Crippen molar-refractivity contribution in [1.82, 2.24) is 0 Å². The fourth-order valence-electron chi connectivity index (χ4n) is 0.528. The molecule has 0 saturated heterocycles. The number of carbonyl (C=O) groups is 3. The number of primary amides is 1. The summed E-state index contributed by atoms with van der Waals surface area (Å²) in [6.45, 7) is 2.06. The molecule has 0 aromatic heterocycles. The Kier molecular flexibility index (Phi) is 13.6. The molecule has 9 nitrogen and oxygen atoms in total. The molecule has 11 heteroatoms. The van der Waals surface area contributed by atoms with Crippen LogP contribution in [0.4, 0.5) is 4.79 Å². The molecule has 0 aliphatic rings. The Labute approximate surface area is 124 Å². The fraction of sp³-hybridized carbons (Fsp3) is 0.667. The van der Waals surface area contributed by atoms with Crippen molar-refractivity contribution < 1.29 is 29.3 Å². The van der Waals surface area contributed by atoms with Gasteiger partial charge >= 0.3 is 18.0 Å². The number of carboxylic acid groups (broad SMARTS) is 2. The predicted molar refractivity (Wildman–Crippen MR) is 77.3 cm³/mol. The lowest BCUT2D eigenvalue weighted by atomic mass is 10.4. The van der Waals surface area contributed by atoms with Gasteiger partial charge in [-0.15, -0.1) is 0 Å². The summed E-state index contributed by atoms with van der Waals surface area (Å²) in [6, 6.07) is -1.85. The summed E-state index contributed by atoms with van der Waals surface area (Å²) in [7, 11) is 2.41. The Morgan fingerprint density at radius 3 is 1.55 bits per heavy atom. The SMILES string of the molecule is CCOC(N)=O.NC(CSSCC(N)C(=O)O)C(=O)O. The molecule has 0 aliphatic heterocycles. The number of carbonyl (C=O) groups excluding carboxylic acids is 1. The van der Waals surface area contributed by atoms with Gasteiger partial charge in [0.05, 0.1) is 6.61 Å². The summed E-state index contributed by atoms with van der Waals surface area (Å²) in [5.41, 5.74) is 15.0. The number of rotatable bonds is 8. The maximum atomic E-state index is 10.3. The van der Waals surface area contributed by atoms with Gasteiger partial charge in [-0.1, -0.05) is 21.6 Å². The molecular formula is C9H19N3O6S2. The lowest BCUT2D eigenvalue weighted by Gasteiger charge is -2.07. The summed E-state index contributed by atoms with van der Waals surface area (Å²) in [4.78, 5) is 30.1. The topological polar surface area (TPSA) is 179 Å². The van der Waals surface area contributed by atoms with Crippen molar-refractivity contribution in [2.45, 2.75) is 19.0 Å². The van der Waals surface area contributed by atoms with E-state index >= 15 is 0 Å². The molecule has 0 bridgehead atoms. The molecule has 0 spiro atoms. The molecule has 0 radical (unpaired) electrons. The highest BCUT2D eigenvalue weighted by Crippen LogP contribution is 2.22. The summed E-state index contributed by atoms with van der Waals surface area (Å²) in [5, 5.41) is 16.8. The largest absolute Gasteiger partial charge is 0.480 e. The molecule has 0 aliphatic carbocycles. The molecule has 2 unspecified atom stereocenters. The van der Waals surface area contributed by atoms with Gasteiger partial charge in [-0.2, -0.15) is 0 Å². The van der Waals surface area contributed by atoms with Gasteiger partial charge in [0.15, 0.2) is 0 Å². The van der Waals surface area contributed by atoms with Gasteiger partial charge in [-0.05, 0) is 6.92 Å². The standard InChI is InChI=1S/C6H12N2O4S2.C3H7NO2/c7-3(5(9)10)1-13-14-2-4(8)6(11)12;1-2-6-3(4)5/h3-4H,1-2,7-8H2,(H,9,10)(H,11,12);2H2,1H3,(H2,4,5). The van der Waals surface area contributed by atoms with Crippen LogP contribution in [-0.2, 0) is 14.3 Å². The minimum absolute atomic E-state index is 0.229. The van der Waals surface area contributed by atoms with E-state index in [-0.39, 0.29) is 11.5 Å². The van der Waals surface area contributed by atoms with E-state index < -0.39 is 30.1 Å². The minimum Gasteiger partial charge on any atom is -0.480 e. The number of ether oxygens (including phenoxy) is 1. The molecule has 1 amide bonds. The maximum Gasteiger partial charge on any atom is 0.404 e. The van der Waals surface area contributed by atoms with Crippen molar-refractivity contribution >= 4 is 39.6 Å².